The van der Waals surface area contributed by atoms with Gasteiger partial charge in [0.25, 0.3) is 5.91 Å². The fourth-order valence-electron chi connectivity index (χ4n) is 2.51. The number of fused-ring (bicyclic) bond motifs is 1. The third-order valence-electron chi connectivity index (χ3n) is 3.51. The van der Waals surface area contributed by atoms with E-state index in [1.54, 1.807) is 4.40 Å². The van der Waals surface area contributed by atoms with Crippen LogP contribution in [0.3, 0.4) is 0 Å². The minimum atomic E-state index is -0.457. The molecule has 0 saturated carbocycles. The lowest BCUT2D eigenvalue weighted by Gasteiger charge is -2.17. The zero-order valence-corrected chi connectivity index (χ0v) is 12.0. The van der Waals surface area contributed by atoms with Gasteiger partial charge in [0.15, 0.2) is 0 Å². The first-order chi connectivity index (χ1) is 9.16. The Labute approximate surface area is 119 Å². The summed E-state index contributed by atoms with van der Waals surface area (Å²) >= 11 is 3.66. The summed E-state index contributed by atoms with van der Waals surface area (Å²) in [4.78, 5) is 15.5. The highest BCUT2D eigenvalue weighted by Gasteiger charge is 2.14. The summed E-state index contributed by atoms with van der Waals surface area (Å²) in [6.45, 7) is 0. The molecule has 2 aromatic heterocycles. The van der Waals surface area contributed by atoms with Crippen LogP contribution in [0, 0.1) is 0 Å². The number of imidazole rings is 1. The lowest BCUT2D eigenvalue weighted by Crippen LogP contribution is -2.13. The number of primary amides is 1. The van der Waals surface area contributed by atoms with Crippen molar-refractivity contribution in [2.45, 2.75) is 25.7 Å². The van der Waals surface area contributed by atoms with Crippen molar-refractivity contribution in [1.29, 1.82) is 0 Å². The van der Waals surface area contributed by atoms with Crippen LogP contribution >= 0.6 is 15.9 Å². The highest BCUT2D eigenvalue weighted by Crippen LogP contribution is 2.35. The van der Waals surface area contributed by atoms with Crippen molar-refractivity contribution in [3.8, 4) is 0 Å². The summed E-state index contributed by atoms with van der Waals surface area (Å²) in [7, 11) is 0. The standard InChI is InChI=1S/C14H14BrN3O/c15-11-4-2-1-3-10(11)9-5-6-13-17-7-12(14(16)19)18(13)8-9/h5-8H,1-4H2,(H2,16,19). The molecule has 4 nitrogen and oxygen atoms in total. The Morgan fingerprint density at radius 3 is 2.84 bits per heavy atom. The summed E-state index contributed by atoms with van der Waals surface area (Å²) in [5.74, 6) is -0.457. The SMILES string of the molecule is NC(=O)c1cnc2ccc(C3=C(Br)CCCC3)cn12. The second-order valence-corrected chi connectivity index (χ2v) is 5.70. The van der Waals surface area contributed by atoms with E-state index in [1.165, 1.54) is 29.1 Å². The number of rotatable bonds is 2. The highest BCUT2D eigenvalue weighted by molar-refractivity contribution is 9.11. The van der Waals surface area contributed by atoms with Gasteiger partial charge in [-0.25, -0.2) is 4.98 Å². The van der Waals surface area contributed by atoms with Crippen molar-refractivity contribution in [3.05, 3.63) is 40.3 Å². The molecule has 0 saturated heterocycles. The summed E-state index contributed by atoms with van der Waals surface area (Å²) in [5.41, 5.74) is 8.96. The lowest BCUT2D eigenvalue weighted by molar-refractivity contribution is 0.0995. The monoisotopic (exact) mass is 319 g/mol. The quantitative estimate of drug-likeness (QED) is 0.924. The molecule has 0 aromatic carbocycles. The molecular weight excluding hydrogens is 306 g/mol. The maximum Gasteiger partial charge on any atom is 0.267 e. The van der Waals surface area contributed by atoms with Crippen LogP contribution in [0.15, 0.2) is 29.0 Å². The predicted octanol–water partition coefficient (Wildman–Crippen LogP) is 3.11. The number of hydrogen-bond acceptors (Lipinski definition) is 2. The third-order valence-corrected chi connectivity index (χ3v) is 4.38. The van der Waals surface area contributed by atoms with Gasteiger partial charge in [0.05, 0.1) is 6.20 Å². The average Bonchev–Trinajstić information content (AvgIpc) is 2.82. The smallest absolute Gasteiger partial charge is 0.267 e. The Morgan fingerprint density at radius 2 is 2.11 bits per heavy atom. The van der Waals surface area contributed by atoms with Crippen LogP contribution in [0.2, 0.25) is 0 Å². The topological polar surface area (TPSA) is 60.4 Å². The fourth-order valence-corrected chi connectivity index (χ4v) is 3.22. The highest BCUT2D eigenvalue weighted by atomic mass is 79.9. The molecule has 1 aliphatic carbocycles. The van der Waals surface area contributed by atoms with Crippen LogP contribution in [0.5, 0.6) is 0 Å². The summed E-state index contributed by atoms with van der Waals surface area (Å²) < 4.78 is 3.03. The Hall–Kier alpha value is -1.62. The third kappa shape index (κ3) is 2.18. The zero-order valence-electron chi connectivity index (χ0n) is 10.4. The number of carbonyl (C=O) groups is 1. The van der Waals surface area contributed by atoms with Crippen LogP contribution in [0.25, 0.3) is 11.2 Å². The molecule has 19 heavy (non-hydrogen) atoms. The van der Waals surface area contributed by atoms with Gasteiger partial charge in [0.1, 0.15) is 11.3 Å². The van der Waals surface area contributed by atoms with E-state index in [9.17, 15) is 4.79 Å². The van der Waals surface area contributed by atoms with E-state index in [1.807, 2.05) is 12.3 Å². The number of hydrogen-bond donors (Lipinski definition) is 1. The Balaban J connectivity index is 2.15. The summed E-state index contributed by atoms with van der Waals surface area (Å²) in [5, 5.41) is 0. The van der Waals surface area contributed by atoms with E-state index in [-0.39, 0.29) is 0 Å². The number of halogens is 1. The van der Waals surface area contributed by atoms with Gasteiger partial charge in [-0.2, -0.15) is 0 Å². The van der Waals surface area contributed by atoms with Gasteiger partial charge in [-0.15, -0.1) is 0 Å². The van der Waals surface area contributed by atoms with Crippen molar-refractivity contribution in [2.75, 3.05) is 0 Å². The summed E-state index contributed by atoms with van der Waals surface area (Å²) in [6.07, 6.45) is 8.04. The van der Waals surface area contributed by atoms with Crippen molar-refractivity contribution >= 4 is 33.1 Å². The number of carbonyl (C=O) groups excluding carboxylic acids is 1. The van der Waals surface area contributed by atoms with E-state index in [2.05, 4.69) is 27.0 Å². The maximum atomic E-state index is 11.4. The molecule has 2 heterocycles. The van der Waals surface area contributed by atoms with E-state index >= 15 is 0 Å². The first-order valence-electron chi connectivity index (χ1n) is 6.31. The molecule has 2 aromatic rings. The predicted molar refractivity (Wildman–Crippen MR) is 78.0 cm³/mol. The van der Waals surface area contributed by atoms with Crippen LogP contribution < -0.4 is 5.73 Å². The van der Waals surface area contributed by atoms with Crippen LogP contribution in [0.1, 0.15) is 41.7 Å². The minimum absolute atomic E-state index is 0.421. The molecule has 98 valence electrons. The number of pyridine rings is 1. The van der Waals surface area contributed by atoms with Crippen molar-refractivity contribution in [1.82, 2.24) is 9.38 Å². The van der Waals surface area contributed by atoms with E-state index in [4.69, 9.17) is 5.73 Å². The van der Waals surface area contributed by atoms with Crippen molar-refractivity contribution in [3.63, 3.8) is 0 Å². The second kappa shape index (κ2) is 4.81. The van der Waals surface area contributed by atoms with E-state index < -0.39 is 5.91 Å². The average molecular weight is 320 g/mol. The molecular formula is C14H14BrN3O. The molecule has 5 heteroatoms. The maximum absolute atomic E-state index is 11.4. The van der Waals surface area contributed by atoms with Gasteiger partial charge >= 0.3 is 0 Å². The van der Waals surface area contributed by atoms with Gasteiger partial charge in [-0.05, 0) is 53.4 Å². The normalized spacial score (nSPS) is 16.1. The zero-order chi connectivity index (χ0) is 13.4. The molecule has 2 N–H and O–H groups in total. The van der Waals surface area contributed by atoms with E-state index in [0.717, 1.165) is 24.1 Å². The number of nitrogens with zero attached hydrogens (tertiary/aromatic N) is 2. The second-order valence-electron chi connectivity index (χ2n) is 4.74. The lowest BCUT2D eigenvalue weighted by atomic mass is 9.95. The van der Waals surface area contributed by atoms with Gasteiger partial charge < -0.3 is 5.73 Å². The first-order valence-corrected chi connectivity index (χ1v) is 7.11. The Morgan fingerprint density at radius 1 is 1.32 bits per heavy atom. The Bertz CT molecular complexity index is 687. The van der Waals surface area contributed by atoms with Crippen molar-refractivity contribution < 1.29 is 4.79 Å². The molecule has 0 bridgehead atoms. The molecule has 0 radical (unpaired) electrons. The number of amides is 1. The van der Waals surface area contributed by atoms with Gasteiger partial charge in [0.2, 0.25) is 0 Å². The van der Waals surface area contributed by atoms with Gasteiger partial charge in [-0.3, -0.25) is 9.20 Å². The first kappa shape index (κ1) is 12.4. The van der Waals surface area contributed by atoms with Gasteiger partial charge in [-0.1, -0.05) is 15.9 Å². The van der Waals surface area contributed by atoms with E-state index in [0.29, 0.717) is 5.69 Å². The minimum Gasteiger partial charge on any atom is -0.364 e. The fraction of sp³-hybridized carbons (Fsp3) is 0.286. The number of allylic oxidation sites excluding steroid dienone is 2. The molecule has 0 unspecified atom stereocenters. The number of nitrogens with two attached hydrogens (primary N) is 1. The van der Waals surface area contributed by atoms with Gasteiger partial charge in [0, 0.05) is 6.20 Å². The molecule has 3 rings (SSSR count). The largest absolute Gasteiger partial charge is 0.364 e. The van der Waals surface area contributed by atoms with Crippen LogP contribution in [-0.4, -0.2) is 15.3 Å². The van der Waals surface area contributed by atoms with Crippen LogP contribution in [0.4, 0.5) is 0 Å². The van der Waals surface area contributed by atoms with Crippen LogP contribution in [-0.2, 0) is 0 Å². The molecule has 0 spiro atoms. The molecule has 0 fully saturated rings. The summed E-state index contributed by atoms with van der Waals surface area (Å²) in [6, 6.07) is 3.97. The number of aromatic nitrogens is 2. The Kier molecular flexibility index (Phi) is 3.14. The van der Waals surface area contributed by atoms with Crippen molar-refractivity contribution in [2.24, 2.45) is 5.73 Å². The molecule has 1 amide bonds. The molecule has 0 aliphatic heterocycles. The molecule has 0 atom stereocenters. The molecule has 1 aliphatic rings.